The summed E-state index contributed by atoms with van der Waals surface area (Å²) in [6.07, 6.45) is 3.55. The van der Waals surface area contributed by atoms with E-state index in [0.717, 1.165) is 31.4 Å². The fourth-order valence-corrected chi connectivity index (χ4v) is 1.93. The SMILES string of the molecule is Nc1ccccc1OC1CCC(O)CC1. The second kappa shape index (κ2) is 4.53. The molecule has 3 N–H and O–H groups in total. The molecule has 3 nitrogen and oxygen atoms in total. The lowest BCUT2D eigenvalue weighted by Gasteiger charge is -2.26. The Kier molecular flexibility index (Phi) is 3.11. The molecule has 0 unspecified atom stereocenters. The zero-order chi connectivity index (χ0) is 10.7. The minimum atomic E-state index is -0.141. The van der Waals surface area contributed by atoms with Gasteiger partial charge in [-0.3, -0.25) is 0 Å². The van der Waals surface area contributed by atoms with E-state index in [1.165, 1.54) is 0 Å². The molecule has 0 aliphatic heterocycles. The van der Waals surface area contributed by atoms with Crippen LogP contribution in [0, 0.1) is 0 Å². The predicted octanol–water partition coefficient (Wildman–Crippen LogP) is 1.95. The third kappa shape index (κ3) is 2.63. The van der Waals surface area contributed by atoms with Crippen LogP contribution in [-0.4, -0.2) is 17.3 Å². The summed E-state index contributed by atoms with van der Waals surface area (Å²) >= 11 is 0. The molecule has 1 aromatic carbocycles. The van der Waals surface area contributed by atoms with Crippen molar-refractivity contribution in [2.24, 2.45) is 0 Å². The molecule has 1 fully saturated rings. The first kappa shape index (κ1) is 10.3. The Morgan fingerprint density at radius 3 is 2.47 bits per heavy atom. The van der Waals surface area contributed by atoms with Crippen molar-refractivity contribution in [2.45, 2.75) is 37.9 Å². The standard InChI is InChI=1S/C12H17NO2/c13-11-3-1-2-4-12(11)15-10-7-5-9(14)6-8-10/h1-4,9-10,14H,5-8,13H2. The minimum Gasteiger partial charge on any atom is -0.488 e. The smallest absolute Gasteiger partial charge is 0.142 e. The maximum absolute atomic E-state index is 9.37. The first-order valence-corrected chi connectivity index (χ1v) is 5.45. The lowest BCUT2D eigenvalue weighted by Crippen LogP contribution is -2.26. The van der Waals surface area contributed by atoms with Crippen molar-refractivity contribution in [3.8, 4) is 5.75 Å². The van der Waals surface area contributed by atoms with Crippen LogP contribution in [0.2, 0.25) is 0 Å². The van der Waals surface area contributed by atoms with Crippen LogP contribution in [0.25, 0.3) is 0 Å². The molecule has 0 atom stereocenters. The van der Waals surface area contributed by atoms with E-state index in [4.69, 9.17) is 10.5 Å². The Morgan fingerprint density at radius 1 is 1.13 bits per heavy atom. The van der Waals surface area contributed by atoms with Gasteiger partial charge in [0.05, 0.1) is 17.9 Å². The van der Waals surface area contributed by atoms with Crippen molar-refractivity contribution in [3.63, 3.8) is 0 Å². The minimum absolute atomic E-state index is 0.141. The van der Waals surface area contributed by atoms with E-state index in [0.29, 0.717) is 5.69 Å². The quantitative estimate of drug-likeness (QED) is 0.729. The maximum Gasteiger partial charge on any atom is 0.142 e. The molecule has 1 aromatic rings. The summed E-state index contributed by atoms with van der Waals surface area (Å²) in [6.45, 7) is 0. The highest BCUT2D eigenvalue weighted by molar-refractivity contribution is 5.51. The van der Waals surface area contributed by atoms with Crippen molar-refractivity contribution >= 4 is 5.69 Å². The molecule has 82 valence electrons. The molecule has 0 aromatic heterocycles. The van der Waals surface area contributed by atoms with Gasteiger partial charge in [-0.25, -0.2) is 0 Å². The number of anilines is 1. The van der Waals surface area contributed by atoms with Gasteiger partial charge in [0.1, 0.15) is 5.75 Å². The highest BCUT2D eigenvalue weighted by Gasteiger charge is 2.20. The lowest BCUT2D eigenvalue weighted by atomic mass is 9.95. The van der Waals surface area contributed by atoms with Crippen LogP contribution in [0.3, 0.4) is 0 Å². The molecule has 3 heteroatoms. The predicted molar refractivity (Wildman–Crippen MR) is 59.7 cm³/mol. The third-order valence-electron chi connectivity index (χ3n) is 2.86. The second-order valence-corrected chi connectivity index (χ2v) is 4.09. The maximum atomic E-state index is 9.37. The van der Waals surface area contributed by atoms with Crippen LogP contribution in [0.4, 0.5) is 5.69 Å². The van der Waals surface area contributed by atoms with Crippen LogP contribution < -0.4 is 10.5 Å². The average molecular weight is 207 g/mol. The van der Waals surface area contributed by atoms with Crippen molar-refractivity contribution in [1.82, 2.24) is 0 Å². The number of para-hydroxylation sites is 2. The Bertz CT molecular complexity index is 319. The summed E-state index contributed by atoms with van der Waals surface area (Å²) in [5, 5.41) is 9.37. The molecule has 1 aliphatic rings. The van der Waals surface area contributed by atoms with Gasteiger partial charge in [0.2, 0.25) is 0 Å². The van der Waals surface area contributed by atoms with E-state index in [1.54, 1.807) is 0 Å². The summed E-state index contributed by atoms with van der Waals surface area (Å²) in [7, 11) is 0. The summed E-state index contributed by atoms with van der Waals surface area (Å²) in [5.41, 5.74) is 6.47. The summed E-state index contributed by atoms with van der Waals surface area (Å²) in [4.78, 5) is 0. The van der Waals surface area contributed by atoms with E-state index in [1.807, 2.05) is 24.3 Å². The van der Waals surface area contributed by atoms with E-state index in [-0.39, 0.29) is 12.2 Å². The van der Waals surface area contributed by atoms with Gasteiger partial charge >= 0.3 is 0 Å². The number of nitrogen functional groups attached to an aromatic ring is 1. The van der Waals surface area contributed by atoms with E-state index in [9.17, 15) is 5.11 Å². The van der Waals surface area contributed by atoms with Gasteiger partial charge in [-0.1, -0.05) is 12.1 Å². The van der Waals surface area contributed by atoms with E-state index >= 15 is 0 Å². The highest BCUT2D eigenvalue weighted by Crippen LogP contribution is 2.27. The van der Waals surface area contributed by atoms with Crippen molar-refractivity contribution < 1.29 is 9.84 Å². The fraction of sp³-hybridized carbons (Fsp3) is 0.500. The highest BCUT2D eigenvalue weighted by atomic mass is 16.5. The number of nitrogens with two attached hydrogens (primary N) is 1. The van der Waals surface area contributed by atoms with Crippen LogP contribution in [0.5, 0.6) is 5.75 Å². The topological polar surface area (TPSA) is 55.5 Å². The molecule has 0 amide bonds. The summed E-state index contributed by atoms with van der Waals surface area (Å²) < 4.78 is 5.80. The van der Waals surface area contributed by atoms with E-state index in [2.05, 4.69) is 0 Å². The Hall–Kier alpha value is -1.22. The van der Waals surface area contributed by atoms with Gasteiger partial charge in [0.25, 0.3) is 0 Å². The van der Waals surface area contributed by atoms with Crippen molar-refractivity contribution in [2.75, 3.05) is 5.73 Å². The molecule has 0 heterocycles. The van der Waals surface area contributed by atoms with Crippen molar-refractivity contribution in [3.05, 3.63) is 24.3 Å². The first-order chi connectivity index (χ1) is 7.25. The monoisotopic (exact) mass is 207 g/mol. The molecule has 15 heavy (non-hydrogen) atoms. The Labute approximate surface area is 89.9 Å². The normalized spacial score (nSPS) is 26.2. The number of rotatable bonds is 2. The molecular formula is C12H17NO2. The Morgan fingerprint density at radius 2 is 1.80 bits per heavy atom. The van der Waals surface area contributed by atoms with Crippen molar-refractivity contribution in [1.29, 1.82) is 0 Å². The van der Waals surface area contributed by atoms with E-state index < -0.39 is 0 Å². The third-order valence-corrected chi connectivity index (χ3v) is 2.86. The zero-order valence-corrected chi connectivity index (χ0v) is 8.73. The second-order valence-electron chi connectivity index (χ2n) is 4.09. The number of hydrogen-bond donors (Lipinski definition) is 2. The number of ether oxygens (including phenoxy) is 1. The van der Waals surface area contributed by atoms with Gasteiger partial charge in [0, 0.05) is 0 Å². The fourth-order valence-electron chi connectivity index (χ4n) is 1.93. The summed E-state index contributed by atoms with van der Waals surface area (Å²) in [6, 6.07) is 7.55. The van der Waals surface area contributed by atoms with Gasteiger partial charge < -0.3 is 15.6 Å². The summed E-state index contributed by atoms with van der Waals surface area (Å²) in [5.74, 6) is 0.763. The molecular weight excluding hydrogens is 190 g/mol. The van der Waals surface area contributed by atoms with Crippen LogP contribution >= 0.6 is 0 Å². The van der Waals surface area contributed by atoms with Crippen LogP contribution in [0.15, 0.2) is 24.3 Å². The average Bonchev–Trinajstić information content (AvgIpc) is 2.25. The van der Waals surface area contributed by atoms with Gasteiger partial charge in [-0.2, -0.15) is 0 Å². The zero-order valence-electron chi connectivity index (χ0n) is 8.73. The number of benzene rings is 1. The Balaban J connectivity index is 1.95. The van der Waals surface area contributed by atoms with Gasteiger partial charge in [0.15, 0.2) is 0 Å². The molecule has 1 aliphatic carbocycles. The number of hydrogen-bond acceptors (Lipinski definition) is 3. The molecule has 0 saturated heterocycles. The van der Waals surface area contributed by atoms with Gasteiger partial charge in [-0.15, -0.1) is 0 Å². The molecule has 1 saturated carbocycles. The first-order valence-electron chi connectivity index (χ1n) is 5.45. The molecule has 0 spiro atoms. The molecule has 0 bridgehead atoms. The van der Waals surface area contributed by atoms with Gasteiger partial charge in [-0.05, 0) is 37.8 Å². The van der Waals surface area contributed by atoms with Crippen LogP contribution in [-0.2, 0) is 0 Å². The largest absolute Gasteiger partial charge is 0.488 e. The van der Waals surface area contributed by atoms with Crippen LogP contribution in [0.1, 0.15) is 25.7 Å². The molecule has 2 rings (SSSR count). The number of aliphatic hydroxyl groups is 1. The molecule has 0 radical (unpaired) electrons. The number of aliphatic hydroxyl groups excluding tert-OH is 1. The lowest BCUT2D eigenvalue weighted by molar-refractivity contribution is 0.0669.